The smallest absolute Gasteiger partial charge is 0.161 e. The number of hydrogen-bond donors (Lipinski definition) is 0. The molecule has 0 radical (unpaired) electrons. The van der Waals surface area contributed by atoms with Gasteiger partial charge in [0.25, 0.3) is 0 Å². The summed E-state index contributed by atoms with van der Waals surface area (Å²) in [4.78, 5) is 0.477. The van der Waals surface area contributed by atoms with Gasteiger partial charge in [-0.2, -0.15) is 0 Å². The third-order valence-electron chi connectivity index (χ3n) is 3.21. The molecule has 1 aromatic rings. The van der Waals surface area contributed by atoms with E-state index in [-0.39, 0.29) is 0 Å². The van der Waals surface area contributed by atoms with Crippen LogP contribution in [0.3, 0.4) is 0 Å². The number of halogens is 1. The summed E-state index contributed by atoms with van der Waals surface area (Å²) in [5.41, 5.74) is 1.30. The molecule has 1 heterocycles. The maximum atomic E-state index is 5.61. The van der Waals surface area contributed by atoms with Crippen molar-refractivity contribution in [3.05, 3.63) is 23.8 Å². The fraction of sp³-hybridized carbons (Fsp3) is 0.571. The van der Waals surface area contributed by atoms with Gasteiger partial charge in [0, 0.05) is 4.83 Å². The molecule has 0 spiro atoms. The predicted octanol–water partition coefficient (Wildman–Crippen LogP) is 3.98. The minimum atomic E-state index is 0.464. The van der Waals surface area contributed by atoms with Gasteiger partial charge in [0.2, 0.25) is 0 Å². The molecule has 0 N–H and O–H groups in total. The molecule has 2 unspecified atom stereocenters. The van der Waals surface area contributed by atoms with Crippen LogP contribution < -0.4 is 9.47 Å². The Balaban J connectivity index is 2.21. The largest absolute Gasteiger partial charge is 0.486 e. The highest BCUT2D eigenvalue weighted by Crippen LogP contribution is 2.36. The zero-order valence-electron chi connectivity index (χ0n) is 10.6. The average molecular weight is 299 g/mol. The Hall–Kier alpha value is -0.700. The summed E-state index contributed by atoms with van der Waals surface area (Å²) in [6.07, 6.45) is 0. The van der Waals surface area contributed by atoms with Gasteiger partial charge in [-0.3, -0.25) is 0 Å². The van der Waals surface area contributed by atoms with Crippen LogP contribution in [-0.4, -0.2) is 18.0 Å². The van der Waals surface area contributed by atoms with E-state index in [1.54, 1.807) is 0 Å². The zero-order chi connectivity index (χ0) is 12.4. The van der Waals surface area contributed by atoms with Crippen molar-refractivity contribution in [1.82, 2.24) is 0 Å². The minimum Gasteiger partial charge on any atom is -0.486 e. The molecule has 2 atom stereocenters. The van der Waals surface area contributed by atoms with E-state index in [0.29, 0.717) is 29.9 Å². The van der Waals surface area contributed by atoms with Crippen molar-refractivity contribution in [3.63, 3.8) is 0 Å². The molecule has 0 amide bonds. The molecular formula is C14H19BrO2. The first kappa shape index (κ1) is 12.7. The van der Waals surface area contributed by atoms with E-state index >= 15 is 0 Å². The van der Waals surface area contributed by atoms with E-state index in [1.165, 1.54) is 5.56 Å². The van der Waals surface area contributed by atoms with Gasteiger partial charge in [-0.05, 0) is 29.5 Å². The van der Waals surface area contributed by atoms with Gasteiger partial charge in [-0.1, -0.05) is 42.8 Å². The van der Waals surface area contributed by atoms with Crippen molar-refractivity contribution in [2.75, 3.05) is 13.2 Å². The first-order valence-electron chi connectivity index (χ1n) is 6.13. The molecule has 94 valence electrons. The number of ether oxygens (including phenoxy) is 2. The fourth-order valence-electron chi connectivity index (χ4n) is 2.10. The van der Waals surface area contributed by atoms with Gasteiger partial charge >= 0.3 is 0 Å². The predicted molar refractivity (Wildman–Crippen MR) is 73.4 cm³/mol. The lowest BCUT2D eigenvalue weighted by Gasteiger charge is -2.24. The molecule has 17 heavy (non-hydrogen) atoms. The highest BCUT2D eigenvalue weighted by Gasteiger charge is 2.21. The van der Waals surface area contributed by atoms with Crippen LogP contribution in [0.5, 0.6) is 11.5 Å². The van der Waals surface area contributed by atoms with Gasteiger partial charge in [0.1, 0.15) is 13.2 Å². The van der Waals surface area contributed by atoms with Crippen molar-refractivity contribution in [3.8, 4) is 11.5 Å². The quantitative estimate of drug-likeness (QED) is 0.786. The Morgan fingerprint density at radius 3 is 2.35 bits per heavy atom. The highest BCUT2D eigenvalue weighted by molar-refractivity contribution is 9.09. The molecule has 1 aromatic carbocycles. The molecule has 0 saturated heterocycles. The van der Waals surface area contributed by atoms with Crippen LogP contribution in [-0.2, 0) is 0 Å². The van der Waals surface area contributed by atoms with E-state index in [2.05, 4.69) is 48.8 Å². The summed E-state index contributed by atoms with van der Waals surface area (Å²) < 4.78 is 11.1. The molecule has 2 nitrogen and oxygen atoms in total. The number of alkyl halides is 1. The molecule has 2 rings (SSSR count). The van der Waals surface area contributed by atoms with Crippen LogP contribution in [0.4, 0.5) is 0 Å². The SMILES string of the molecule is CC(C)C(Br)C(C)c1ccc2c(c1)OCCO2. The van der Waals surface area contributed by atoms with Gasteiger partial charge < -0.3 is 9.47 Å². The second kappa shape index (κ2) is 5.30. The summed E-state index contributed by atoms with van der Waals surface area (Å²) in [7, 11) is 0. The molecule has 1 aliphatic heterocycles. The zero-order valence-corrected chi connectivity index (χ0v) is 12.2. The monoisotopic (exact) mass is 298 g/mol. The van der Waals surface area contributed by atoms with Gasteiger partial charge in [-0.25, -0.2) is 0 Å². The van der Waals surface area contributed by atoms with Crippen LogP contribution in [0, 0.1) is 5.92 Å². The fourth-order valence-corrected chi connectivity index (χ4v) is 2.41. The summed E-state index contributed by atoms with van der Waals surface area (Å²) in [5.74, 6) is 2.82. The number of rotatable bonds is 3. The average Bonchev–Trinajstić information content (AvgIpc) is 2.36. The van der Waals surface area contributed by atoms with Crippen molar-refractivity contribution in [2.45, 2.75) is 31.5 Å². The van der Waals surface area contributed by atoms with Crippen molar-refractivity contribution in [1.29, 1.82) is 0 Å². The lowest BCUT2D eigenvalue weighted by molar-refractivity contribution is 0.171. The van der Waals surface area contributed by atoms with Crippen molar-refractivity contribution in [2.24, 2.45) is 5.92 Å². The molecule has 3 heteroatoms. The Bertz CT molecular complexity index is 390. The van der Waals surface area contributed by atoms with Crippen LogP contribution in [0.2, 0.25) is 0 Å². The molecule has 0 aromatic heterocycles. The summed E-state index contributed by atoms with van der Waals surface area (Å²) in [6, 6.07) is 6.25. The molecule has 0 saturated carbocycles. The lowest BCUT2D eigenvalue weighted by atomic mass is 9.91. The standard InChI is InChI=1S/C14H19BrO2/c1-9(2)14(15)10(3)11-4-5-12-13(8-11)17-7-6-16-12/h4-5,8-10,14H,6-7H2,1-3H3. The van der Waals surface area contributed by atoms with E-state index in [0.717, 1.165) is 11.5 Å². The third-order valence-corrected chi connectivity index (χ3v) is 5.06. The topological polar surface area (TPSA) is 18.5 Å². The number of hydrogen-bond acceptors (Lipinski definition) is 2. The van der Waals surface area contributed by atoms with Gasteiger partial charge in [-0.15, -0.1) is 0 Å². The Morgan fingerprint density at radius 2 is 1.71 bits per heavy atom. The Morgan fingerprint density at radius 1 is 1.06 bits per heavy atom. The summed E-state index contributed by atoms with van der Waals surface area (Å²) >= 11 is 3.77. The molecule has 0 fully saturated rings. The molecule has 0 bridgehead atoms. The first-order valence-corrected chi connectivity index (χ1v) is 7.04. The Kier molecular flexibility index (Phi) is 3.97. The van der Waals surface area contributed by atoms with Crippen LogP contribution in [0.15, 0.2) is 18.2 Å². The van der Waals surface area contributed by atoms with Crippen LogP contribution >= 0.6 is 15.9 Å². The lowest BCUT2D eigenvalue weighted by Crippen LogP contribution is -2.18. The minimum absolute atomic E-state index is 0.464. The van der Waals surface area contributed by atoms with E-state index < -0.39 is 0 Å². The van der Waals surface area contributed by atoms with E-state index in [4.69, 9.17) is 9.47 Å². The number of fused-ring (bicyclic) bond motifs is 1. The highest BCUT2D eigenvalue weighted by atomic mass is 79.9. The van der Waals surface area contributed by atoms with Gasteiger partial charge in [0.05, 0.1) is 0 Å². The molecule has 1 aliphatic rings. The molecular weight excluding hydrogens is 280 g/mol. The number of benzene rings is 1. The maximum absolute atomic E-state index is 5.61. The second-order valence-corrected chi connectivity index (χ2v) is 5.94. The van der Waals surface area contributed by atoms with Crippen molar-refractivity contribution < 1.29 is 9.47 Å². The van der Waals surface area contributed by atoms with E-state index in [9.17, 15) is 0 Å². The van der Waals surface area contributed by atoms with Crippen molar-refractivity contribution >= 4 is 15.9 Å². The second-order valence-electron chi connectivity index (χ2n) is 4.88. The van der Waals surface area contributed by atoms with Crippen LogP contribution in [0.25, 0.3) is 0 Å². The summed E-state index contributed by atoms with van der Waals surface area (Å²) in [6.45, 7) is 7.99. The third kappa shape index (κ3) is 2.76. The van der Waals surface area contributed by atoms with Crippen LogP contribution in [0.1, 0.15) is 32.3 Å². The Labute approximate surface area is 111 Å². The maximum Gasteiger partial charge on any atom is 0.161 e. The van der Waals surface area contributed by atoms with Gasteiger partial charge in [0.15, 0.2) is 11.5 Å². The van der Waals surface area contributed by atoms with E-state index in [1.807, 2.05) is 6.07 Å². The normalized spacial score (nSPS) is 17.9. The summed E-state index contributed by atoms with van der Waals surface area (Å²) in [5, 5.41) is 0. The molecule has 0 aliphatic carbocycles. The first-order chi connectivity index (χ1) is 8.09.